The van der Waals surface area contributed by atoms with Crippen molar-refractivity contribution in [1.82, 2.24) is 0 Å². The lowest BCUT2D eigenvalue weighted by Gasteiger charge is -1.99. The molecule has 0 atom stereocenters. The van der Waals surface area contributed by atoms with Gasteiger partial charge in [-0.1, -0.05) is 12.1 Å². The summed E-state index contributed by atoms with van der Waals surface area (Å²) >= 11 is 0. The average molecular weight is 173 g/mol. The number of phenols is 1. The molecule has 0 amide bonds. The molecule has 1 rings (SSSR count). The second-order valence-corrected chi connectivity index (χ2v) is 2.62. The van der Waals surface area contributed by atoms with Gasteiger partial charge in [-0.3, -0.25) is 4.72 Å². The molecule has 0 radical (unpaired) electrons. The Labute approximate surface area is 65.6 Å². The highest BCUT2D eigenvalue weighted by molar-refractivity contribution is 7.73. The third kappa shape index (κ3) is 2.12. The summed E-state index contributed by atoms with van der Waals surface area (Å²) in [4.78, 5) is 0. The van der Waals surface area contributed by atoms with Gasteiger partial charge in [0, 0.05) is 0 Å². The fourth-order valence-electron chi connectivity index (χ4n) is 0.667. The maximum Gasteiger partial charge on any atom is 0.222 e. The molecule has 0 aromatic heterocycles. The number of thiol groups is 1. The van der Waals surface area contributed by atoms with E-state index >= 15 is 0 Å². The Bertz CT molecular complexity index is 313. The van der Waals surface area contributed by atoms with Crippen LogP contribution in [0, 0.1) is 0 Å². The van der Waals surface area contributed by atoms with E-state index in [2.05, 4.69) is 4.72 Å². The van der Waals surface area contributed by atoms with Gasteiger partial charge >= 0.3 is 0 Å². The molecule has 0 aliphatic heterocycles. The highest BCUT2D eigenvalue weighted by Crippen LogP contribution is 2.20. The molecule has 0 spiro atoms. The van der Waals surface area contributed by atoms with E-state index in [0.717, 1.165) is 0 Å². The van der Waals surface area contributed by atoms with Gasteiger partial charge in [0.25, 0.3) is 0 Å². The minimum Gasteiger partial charge on any atom is -0.506 e. The molecule has 0 saturated carbocycles. The van der Waals surface area contributed by atoms with E-state index in [4.69, 9.17) is 5.11 Å². The van der Waals surface area contributed by atoms with E-state index in [0.29, 0.717) is 0 Å². The van der Waals surface area contributed by atoms with Crippen molar-refractivity contribution in [1.29, 1.82) is 0 Å². The zero-order valence-corrected chi connectivity index (χ0v) is 6.41. The van der Waals surface area contributed by atoms with E-state index in [9.17, 15) is 8.42 Å². The van der Waals surface area contributed by atoms with Gasteiger partial charge in [0.15, 0.2) is 0 Å². The summed E-state index contributed by atoms with van der Waals surface area (Å²) < 4.78 is 22.3. The molecule has 60 valence electrons. The maximum atomic E-state index is 10.1. The molecule has 0 saturated heterocycles. The van der Waals surface area contributed by atoms with Gasteiger partial charge < -0.3 is 5.11 Å². The summed E-state index contributed by atoms with van der Waals surface area (Å²) in [5, 5.41) is 9.03. The van der Waals surface area contributed by atoms with Gasteiger partial charge in [-0.05, 0) is 12.1 Å². The number of nitrogens with one attached hydrogen (secondary N) is 1. The zero-order chi connectivity index (χ0) is 8.27. The number of phenolic OH excluding ortho intramolecular Hbond substituents is 1. The zero-order valence-electron chi connectivity index (χ0n) is 5.52. The first kappa shape index (κ1) is 7.87. The number of benzene rings is 1. The molecule has 0 aliphatic carbocycles. The Morgan fingerprint density at radius 3 is 2.45 bits per heavy atom. The molecule has 0 unspecified atom stereocenters. The second-order valence-electron chi connectivity index (χ2n) is 1.89. The first-order valence-electron chi connectivity index (χ1n) is 2.89. The van der Waals surface area contributed by atoms with Crippen molar-refractivity contribution in [3.8, 4) is 5.75 Å². The lowest BCUT2D eigenvalue weighted by Crippen LogP contribution is -1.94. The number of anilines is 1. The minimum atomic E-state index is -2.70. The summed E-state index contributed by atoms with van der Waals surface area (Å²) in [6.45, 7) is 0. The Balaban J connectivity index is 2.94. The smallest absolute Gasteiger partial charge is 0.222 e. The van der Waals surface area contributed by atoms with Crippen molar-refractivity contribution in [3.05, 3.63) is 24.3 Å². The molecule has 5 heteroatoms. The molecule has 4 nitrogen and oxygen atoms in total. The van der Waals surface area contributed by atoms with Gasteiger partial charge in [-0.15, -0.1) is 0 Å². The Morgan fingerprint density at radius 2 is 1.91 bits per heavy atom. The standard InChI is InChI=1S/C6H7NO3S/c8-6-4-2-1-3-5(6)7-11(9)10/h1-4,8,11H,(H,7,9,10). The number of para-hydroxylation sites is 2. The van der Waals surface area contributed by atoms with E-state index < -0.39 is 10.9 Å². The molecular formula is C6H7NO3S. The molecule has 2 N–H and O–H groups in total. The molecule has 1 aromatic rings. The number of hydrogen-bond donors (Lipinski definition) is 3. The molecule has 0 bridgehead atoms. The van der Waals surface area contributed by atoms with Crippen molar-refractivity contribution < 1.29 is 13.5 Å². The number of aromatic hydroxyl groups is 1. The topological polar surface area (TPSA) is 66.4 Å². The fraction of sp³-hybridized carbons (Fsp3) is 0. The molecular weight excluding hydrogens is 166 g/mol. The van der Waals surface area contributed by atoms with Crippen LogP contribution < -0.4 is 4.72 Å². The quantitative estimate of drug-likeness (QED) is 0.446. The third-order valence-corrected chi connectivity index (χ3v) is 1.54. The van der Waals surface area contributed by atoms with Crippen LogP contribution >= 0.6 is 0 Å². The fourth-order valence-corrected chi connectivity index (χ4v) is 1.05. The van der Waals surface area contributed by atoms with Gasteiger partial charge in [0.05, 0.1) is 5.69 Å². The maximum absolute atomic E-state index is 10.1. The van der Waals surface area contributed by atoms with Crippen LogP contribution in [-0.2, 0) is 10.9 Å². The second kappa shape index (κ2) is 3.25. The summed E-state index contributed by atoms with van der Waals surface area (Å²) in [5.74, 6) is -0.0771. The molecule has 11 heavy (non-hydrogen) atoms. The minimum absolute atomic E-state index is 0.0771. The summed E-state index contributed by atoms with van der Waals surface area (Å²) in [5.41, 5.74) is 0.198. The predicted octanol–water partition coefficient (Wildman–Crippen LogP) is 0.330. The van der Waals surface area contributed by atoms with Crippen LogP contribution in [0.1, 0.15) is 0 Å². The van der Waals surface area contributed by atoms with E-state index in [1.54, 1.807) is 12.1 Å². The van der Waals surface area contributed by atoms with Crippen LogP contribution in [-0.4, -0.2) is 13.5 Å². The van der Waals surface area contributed by atoms with Gasteiger partial charge in [-0.25, -0.2) is 8.42 Å². The number of hydrogen-bond acceptors (Lipinski definition) is 3. The SMILES string of the molecule is O=[SH](=O)Nc1ccccc1O. The third-order valence-electron chi connectivity index (χ3n) is 1.12. The lowest BCUT2D eigenvalue weighted by atomic mass is 10.3. The Morgan fingerprint density at radius 1 is 1.27 bits per heavy atom. The first-order valence-corrected chi connectivity index (χ1v) is 4.07. The van der Waals surface area contributed by atoms with Crippen LogP contribution in [0.25, 0.3) is 0 Å². The monoisotopic (exact) mass is 173 g/mol. The Hall–Kier alpha value is -1.23. The molecule has 1 aromatic carbocycles. The normalized spacial score (nSPS) is 9.91. The van der Waals surface area contributed by atoms with Crippen LogP contribution in [0.15, 0.2) is 24.3 Å². The predicted molar refractivity (Wildman–Crippen MR) is 42.0 cm³/mol. The van der Waals surface area contributed by atoms with E-state index in [1.165, 1.54) is 12.1 Å². The number of rotatable bonds is 2. The summed E-state index contributed by atoms with van der Waals surface area (Å²) in [7, 11) is -2.70. The molecule has 0 aliphatic rings. The van der Waals surface area contributed by atoms with Crippen LogP contribution in [0.2, 0.25) is 0 Å². The molecule has 0 fully saturated rings. The van der Waals surface area contributed by atoms with Gasteiger partial charge in [0.1, 0.15) is 5.75 Å². The van der Waals surface area contributed by atoms with Gasteiger partial charge in [-0.2, -0.15) is 0 Å². The summed E-state index contributed by atoms with van der Waals surface area (Å²) in [6.07, 6.45) is 0. The van der Waals surface area contributed by atoms with Crippen molar-refractivity contribution in [3.63, 3.8) is 0 Å². The van der Waals surface area contributed by atoms with E-state index in [1.807, 2.05) is 0 Å². The van der Waals surface area contributed by atoms with Crippen LogP contribution in [0.5, 0.6) is 5.75 Å². The first-order chi connectivity index (χ1) is 5.20. The Kier molecular flexibility index (Phi) is 2.32. The van der Waals surface area contributed by atoms with Gasteiger partial charge in [0.2, 0.25) is 10.9 Å². The van der Waals surface area contributed by atoms with Crippen LogP contribution in [0.4, 0.5) is 5.69 Å². The van der Waals surface area contributed by atoms with Crippen molar-refractivity contribution >= 4 is 16.6 Å². The van der Waals surface area contributed by atoms with Crippen molar-refractivity contribution in [2.24, 2.45) is 0 Å². The van der Waals surface area contributed by atoms with E-state index in [-0.39, 0.29) is 11.4 Å². The van der Waals surface area contributed by atoms with Crippen molar-refractivity contribution in [2.75, 3.05) is 4.72 Å². The average Bonchev–Trinajstić information content (AvgIpc) is 1.93. The summed E-state index contributed by atoms with van der Waals surface area (Å²) in [6, 6.07) is 6.11. The lowest BCUT2D eigenvalue weighted by molar-refractivity contribution is 0.478. The molecule has 0 heterocycles. The largest absolute Gasteiger partial charge is 0.506 e. The highest BCUT2D eigenvalue weighted by atomic mass is 32.2. The highest BCUT2D eigenvalue weighted by Gasteiger charge is 1.96. The van der Waals surface area contributed by atoms with Crippen molar-refractivity contribution in [2.45, 2.75) is 0 Å². The van der Waals surface area contributed by atoms with Crippen LogP contribution in [0.3, 0.4) is 0 Å².